The predicted octanol–water partition coefficient (Wildman–Crippen LogP) is 3.85. The maximum absolute atomic E-state index is 5.28. The largest absolute Gasteiger partial charge is 0.497 e. The van der Waals surface area contributed by atoms with E-state index >= 15 is 0 Å². The number of methoxy groups -OCH3 is 1. The molecule has 4 aliphatic rings. The van der Waals surface area contributed by atoms with E-state index in [1.165, 1.54) is 37.7 Å². The first-order valence-corrected chi connectivity index (χ1v) is 7.97. The highest BCUT2D eigenvalue weighted by molar-refractivity contribution is 5.40. The average Bonchev–Trinajstić information content (AvgIpc) is 2.56. The lowest BCUT2D eigenvalue weighted by molar-refractivity contribution is 0.256. The van der Waals surface area contributed by atoms with E-state index in [2.05, 4.69) is 29.6 Å². The summed E-state index contributed by atoms with van der Waals surface area (Å²) in [5.41, 5.74) is 4.97. The van der Waals surface area contributed by atoms with Gasteiger partial charge in [-0.05, 0) is 73.8 Å². The van der Waals surface area contributed by atoms with Gasteiger partial charge in [-0.25, -0.2) is 0 Å². The van der Waals surface area contributed by atoms with E-state index in [4.69, 9.17) is 4.74 Å². The Bertz CT molecular complexity index is 523. The summed E-state index contributed by atoms with van der Waals surface area (Å²) in [5, 5.41) is 3.76. The average molecular weight is 269 g/mol. The van der Waals surface area contributed by atoms with Crippen molar-refractivity contribution in [2.45, 2.75) is 38.1 Å². The van der Waals surface area contributed by atoms with Crippen LogP contribution in [-0.2, 0) is 0 Å². The lowest BCUT2D eigenvalue weighted by atomic mass is 9.63. The molecule has 20 heavy (non-hydrogen) atoms. The molecule has 1 aliphatic heterocycles. The second-order valence-electron chi connectivity index (χ2n) is 6.44. The van der Waals surface area contributed by atoms with Gasteiger partial charge in [0.25, 0.3) is 0 Å². The van der Waals surface area contributed by atoms with Crippen LogP contribution < -0.4 is 10.1 Å². The fourth-order valence-corrected chi connectivity index (χ4v) is 4.58. The Hall–Kier alpha value is -1.28. The second kappa shape index (κ2) is 4.92. The van der Waals surface area contributed by atoms with Crippen LogP contribution in [0.2, 0.25) is 0 Å². The molecule has 1 N–H and O–H groups in total. The lowest BCUT2D eigenvalue weighted by Gasteiger charge is -2.46. The molecule has 1 heterocycles. The van der Waals surface area contributed by atoms with Gasteiger partial charge in [0.05, 0.1) is 13.2 Å². The molecule has 5 rings (SSSR count). The van der Waals surface area contributed by atoms with Crippen LogP contribution in [0.3, 0.4) is 0 Å². The summed E-state index contributed by atoms with van der Waals surface area (Å²) in [4.78, 5) is 0. The minimum absolute atomic E-state index is 0.456. The first-order valence-electron chi connectivity index (χ1n) is 7.97. The molecule has 1 aromatic carbocycles. The van der Waals surface area contributed by atoms with Crippen LogP contribution >= 0.6 is 0 Å². The van der Waals surface area contributed by atoms with E-state index < -0.39 is 0 Å². The molecule has 0 aromatic heterocycles. The van der Waals surface area contributed by atoms with Crippen LogP contribution in [0.25, 0.3) is 0 Å². The molecular formula is C18H23NO. The van der Waals surface area contributed by atoms with Gasteiger partial charge in [0.2, 0.25) is 0 Å². The van der Waals surface area contributed by atoms with Gasteiger partial charge in [-0.15, -0.1) is 0 Å². The number of fused-ring (bicyclic) bond motifs is 2. The molecule has 2 bridgehead atoms. The van der Waals surface area contributed by atoms with E-state index in [1.54, 1.807) is 12.7 Å². The highest BCUT2D eigenvalue weighted by Crippen LogP contribution is 2.51. The highest BCUT2D eigenvalue weighted by atomic mass is 16.5. The standard InChI is InChI=1S/C18H23NO/c1-20-15-8-6-14(7-9-15)18-17-13-4-2-12(3-5-13)16(17)10-11-19-18/h6-9,12-13,18-19H,2-5,10-11H2,1H3. The van der Waals surface area contributed by atoms with Crippen LogP contribution in [-0.4, -0.2) is 13.7 Å². The molecule has 1 unspecified atom stereocenters. The number of hydrogen-bond donors (Lipinski definition) is 1. The first kappa shape index (κ1) is 12.5. The monoisotopic (exact) mass is 269 g/mol. The fraction of sp³-hybridized carbons (Fsp3) is 0.556. The molecule has 1 fully saturated rings. The smallest absolute Gasteiger partial charge is 0.118 e. The zero-order valence-electron chi connectivity index (χ0n) is 12.2. The van der Waals surface area contributed by atoms with Crippen molar-refractivity contribution in [1.29, 1.82) is 0 Å². The quantitative estimate of drug-likeness (QED) is 0.823. The molecule has 1 atom stereocenters. The van der Waals surface area contributed by atoms with Crippen molar-refractivity contribution in [3.63, 3.8) is 0 Å². The van der Waals surface area contributed by atoms with Crippen molar-refractivity contribution in [1.82, 2.24) is 5.32 Å². The maximum atomic E-state index is 5.28. The molecule has 0 saturated heterocycles. The molecular weight excluding hydrogens is 246 g/mol. The molecule has 106 valence electrons. The number of nitrogens with one attached hydrogen (secondary N) is 1. The molecule has 2 nitrogen and oxygen atoms in total. The van der Waals surface area contributed by atoms with Gasteiger partial charge >= 0.3 is 0 Å². The molecule has 0 spiro atoms. The van der Waals surface area contributed by atoms with Crippen molar-refractivity contribution in [2.24, 2.45) is 11.8 Å². The Balaban J connectivity index is 1.72. The van der Waals surface area contributed by atoms with Gasteiger partial charge in [0.15, 0.2) is 0 Å². The summed E-state index contributed by atoms with van der Waals surface area (Å²) in [5.74, 6) is 2.69. The van der Waals surface area contributed by atoms with Gasteiger partial charge < -0.3 is 10.1 Å². The number of benzene rings is 1. The topological polar surface area (TPSA) is 21.3 Å². The zero-order chi connectivity index (χ0) is 13.5. The van der Waals surface area contributed by atoms with E-state index in [0.717, 1.165) is 24.1 Å². The van der Waals surface area contributed by atoms with Crippen LogP contribution in [0.4, 0.5) is 0 Å². The predicted molar refractivity (Wildman–Crippen MR) is 80.8 cm³/mol. The molecule has 0 amide bonds. The van der Waals surface area contributed by atoms with E-state index in [0.29, 0.717) is 6.04 Å². The zero-order valence-corrected chi connectivity index (χ0v) is 12.2. The second-order valence-corrected chi connectivity index (χ2v) is 6.44. The fourth-order valence-electron chi connectivity index (χ4n) is 4.58. The minimum atomic E-state index is 0.456. The van der Waals surface area contributed by atoms with Gasteiger partial charge in [0.1, 0.15) is 5.75 Å². The maximum Gasteiger partial charge on any atom is 0.118 e. The third-order valence-corrected chi connectivity index (χ3v) is 5.53. The van der Waals surface area contributed by atoms with Gasteiger partial charge in [-0.2, -0.15) is 0 Å². The van der Waals surface area contributed by atoms with Crippen LogP contribution in [0.5, 0.6) is 5.75 Å². The van der Waals surface area contributed by atoms with Gasteiger partial charge in [-0.3, -0.25) is 0 Å². The third-order valence-electron chi connectivity index (χ3n) is 5.53. The van der Waals surface area contributed by atoms with E-state index in [9.17, 15) is 0 Å². The normalized spacial score (nSPS) is 32.1. The molecule has 0 radical (unpaired) electrons. The number of rotatable bonds is 2. The Morgan fingerprint density at radius 1 is 1.00 bits per heavy atom. The summed E-state index contributed by atoms with van der Waals surface area (Å²) in [7, 11) is 1.73. The molecule has 1 aromatic rings. The van der Waals surface area contributed by atoms with Crippen LogP contribution in [0.1, 0.15) is 43.7 Å². The summed E-state index contributed by atoms with van der Waals surface area (Å²) in [6.07, 6.45) is 7.00. The summed E-state index contributed by atoms with van der Waals surface area (Å²) >= 11 is 0. The lowest BCUT2D eigenvalue weighted by Crippen LogP contribution is -2.39. The Morgan fingerprint density at radius 2 is 1.70 bits per heavy atom. The third kappa shape index (κ3) is 1.89. The Labute approximate surface area is 121 Å². The molecule has 1 saturated carbocycles. The van der Waals surface area contributed by atoms with Crippen LogP contribution in [0.15, 0.2) is 35.4 Å². The van der Waals surface area contributed by atoms with Gasteiger partial charge in [0, 0.05) is 0 Å². The SMILES string of the molecule is COc1ccc(C2NCCC3=C2C2CCC3CC2)cc1. The number of hydrogen-bond acceptors (Lipinski definition) is 2. The number of ether oxygens (including phenoxy) is 1. The molecule has 3 aliphatic carbocycles. The van der Waals surface area contributed by atoms with Crippen molar-refractivity contribution in [3.05, 3.63) is 41.0 Å². The van der Waals surface area contributed by atoms with E-state index in [-0.39, 0.29) is 0 Å². The first-order chi connectivity index (χ1) is 9.86. The highest BCUT2D eigenvalue weighted by Gasteiger charge is 2.39. The molecule has 2 heteroatoms. The van der Waals surface area contributed by atoms with E-state index in [1.807, 2.05) is 5.57 Å². The summed E-state index contributed by atoms with van der Waals surface area (Å²) < 4.78 is 5.28. The Kier molecular flexibility index (Phi) is 3.07. The van der Waals surface area contributed by atoms with Crippen molar-refractivity contribution in [3.8, 4) is 5.75 Å². The Morgan fingerprint density at radius 3 is 2.40 bits per heavy atom. The summed E-state index contributed by atoms with van der Waals surface area (Å²) in [6.45, 7) is 1.14. The van der Waals surface area contributed by atoms with Gasteiger partial charge in [-0.1, -0.05) is 17.7 Å². The van der Waals surface area contributed by atoms with Crippen LogP contribution in [0, 0.1) is 11.8 Å². The summed E-state index contributed by atoms with van der Waals surface area (Å²) in [6, 6.07) is 9.10. The van der Waals surface area contributed by atoms with Crippen molar-refractivity contribution in [2.75, 3.05) is 13.7 Å². The van der Waals surface area contributed by atoms with Crippen molar-refractivity contribution >= 4 is 0 Å². The minimum Gasteiger partial charge on any atom is -0.497 e. The van der Waals surface area contributed by atoms with Crippen molar-refractivity contribution < 1.29 is 4.74 Å².